The highest BCUT2D eigenvalue weighted by atomic mass is 16.5. The quantitative estimate of drug-likeness (QED) is 0.353. The molecule has 0 aliphatic heterocycles. The first kappa shape index (κ1) is 24.3. The largest absolute Gasteiger partial charge is 0.495 e. The molecule has 4 rings (SSSR count). The predicted octanol–water partition coefficient (Wildman–Crippen LogP) is 3.70. The Kier molecular flexibility index (Phi) is 7.82. The molecule has 0 aliphatic carbocycles. The van der Waals surface area contributed by atoms with Crippen LogP contribution in [0.4, 0.5) is 5.69 Å². The van der Waals surface area contributed by atoms with Gasteiger partial charge in [0.2, 0.25) is 11.8 Å². The van der Waals surface area contributed by atoms with Crippen molar-refractivity contribution in [1.82, 2.24) is 10.6 Å². The van der Waals surface area contributed by atoms with E-state index in [2.05, 4.69) is 10.6 Å². The fraction of sp³-hybridized carbons (Fsp3) is 0.148. The Morgan fingerprint density at radius 1 is 0.861 bits per heavy atom. The van der Waals surface area contributed by atoms with Gasteiger partial charge in [-0.25, -0.2) is 0 Å². The fourth-order valence-corrected chi connectivity index (χ4v) is 3.72. The predicted molar refractivity (Wildman–Crippen MR) is 131 cm³/mol. The van der Waals surface area contributed by atoms with Gasteiger partial charge in [0.25, 0.3) is 5.91 Å². The van der Waals surface area contributed by atoms with Crippen molar-refractivity contribution in [1.29, 1.82) is 0 Å². The smallest absolute Gasteiger partial charge is 0.287 e. The molecule has 3 amide bonds. The zero-order chi connectivity index (χ0) is 25.3. The summed E-state index contributed by atoms with van der Waals surface area (Å²) in [6, 6.07) is 21.2. The van der Waals surface area contributed by atoms with Crippen molar-refractivity contribution in [2.24, 2.45) is 0 Å². The lowest BCUT2D eigenvalue weighted by atomic mass is 10.0. The molecule has 184 valence electrons. The van der Waals surface area contributed by atoms with E-state index < -0.39 is 23.8 Å². The van der Waals surface area contributed by atoms with Gasteiger partial charge in [-0.15, -0.1) is 0 Å². The second kappa shape index (κ2) is 11.6. The molecule has 2 N–H and O–H groups in total. The number of anilines is 1. The Hall–Kier alpha value is -4.79. The summed E-state index contributed by atoms with van der Waals surface area (Å²) in [6.45, 7) is -0.245. The highest BCUT2D eigenvalue weighted by molar-refractivity contribution is 6.05. The minimum absolute atomic E-state index is 0.0717. The van der Waals surface area contributed by atoms with Crippen molar-refractivity contribution >= 4 is 23.4 Å². The molecule has 9 heteroatoms. The van der Waals surface area contributed by atoms with E-state index in [0.29, 0.717) is 22.8 Å². The van der Waals surface area contributed by atoms with Crippen molar-refractivity contribution < 1.29 is 28.0 Å². The Morgan fingerprint density at radius 3 is 2.28 bits per heavy atom. The minimum Gasteiger partial charge on any atom is -0.495 e. The highest BCUT2D eigenvalue weighted by Crippen LogP contribution is 2.35. The number of methoxy groups -OCH3 is 1. The van der Waals surface area contributed by atoms with Gasteiger partial charge in [0.05, 0.1) is 38.4 Å². The Balaban J connectivity index is 1.69. The monoisotopic (exact) mass is 487 g/mol. The zero-order valence-electron chi connectivity index (χ0n) is 19.5. The summed E-state index contributed by atoms with van der Waals surface area (Å²) in [7, 11) is 1.48. The zero-order valence-corrected chi connectivity index (χ0v) is 19.5. The summed E-state index contributed by atoms with van der Waals surface area (Å²) in [6.07, 6.45) is 2.88. The standard InChI is InChI=1S/C27H25N3O6/c1-34-22-13-6-5-12-21(22)30(24(31)18-29-26(32)23-14-8-16-36-23)25(19-9-3-2-4-10-19)27(33)28-17-20-11-7-15-35-20/h2-16,25H,17-18H2,1H3,(H,28,33)(H,29,32). The molecule has 0 saturated heterocycles. The van der Waals surface area contributed by atoms with Crippen LogP contribution < -0.4 is 20.3 Å². The van der Waals surface area contributed by atoms with Crippen LogP contribution in [-0.2, 0) is 16.1 Å². The van der Waals surface area contributed by atoms with Gasteiger partial charge in [-0.2, -0.15) is 0 Å². The van der Waals surface area contributed by atoms with Crippen LogP contribution in [0.3, 0.4) is 0 Å². The van der Waals surface area contributed by atoms with Gasteiger partial charge in [-0.05, 0) is 42.0 Å². The average Bonchev–Trinajstić information content (AvgIpc) is 3.64. The van der Waals surface area contributed by atoms with E-state index >= 15 is 0 Å². The lowest BCUT2D eigenvalue weighted by Crippen LogP contribution is -2.47. The third kappa shape index (κ3) is 5.64. The number of ether oxygens (including phenoxy) is 1. The summed E-state index contributed by atoms with van der Waals surface area (Å²) < 4.78 is 15.9. The van der Waals surface area contributed by atoms with Crippen LogP contribution in [0.1, 0.15) is 27.9 Å². The molecule has 9 nitrogen and oxygen atoms in total. The van der Waals surface area contributed by atoms with E-state index in [4.69, 9.17) is 13.6 Å². The third-order valence-corrected chi connectivity index (χ3v) is 5.40. The van der Waals surface area contributed by atoms with E-state index in [1.807, 2.05) is 6.07 Å². The number of carbonyl (C=O) groups is 3. The van der Waals surface area contributed by atoms with Gasteiger partial charge in [-0.3, -0.25) is 19.3 Å². The number of benzene rings is 2. The minimum atomic E-state index is -1.06. The number of nitrogens with zero attached hydrogens (tertiary/aromatic N) is 1. The lowest BCUT2D eigenvalue weighted by Gasteiger charge is -2.32. The summed E-state index contributed by atoms with van der Waals surface area (Å²) in [5, 5.41) is 5.40. The summed E-state index contributed by atoms with van der Waals surface area (Å²) in [5.41, 5.74) is 0.949. The van der Waals surface area contributed by atoms with Crippen molar-refractivity contribution in [3.05, 3.63) is 108 Å². The molecular formula is C27H25N3O6. The highest BCUT2D eigenvalue weighted by Gasteiger charge is 2.34. The normalized spacial score (nSPS) is 11.4. The van der Waals surface area contributed by atoms with E-state index in [1.54, 1.807) is 66.7 Å². The van der Waals surface area contributed by atoms with Crippen LogP contribution in [0.2, 0.25) is 0 Å². The number of carbonyl (C=O) groups excluding carboxylic acids is 3. The van der Waals surface area contributed by atoms with Gasteiger partial charge < -0.3 is 24.2 Å². The maximum Gasteiger partial charge on any atom is 0.287 e. The Bertz CT molecular complexity index is 1290. The number of amides is 3. The fourth-order valence-electron chi connectivity index (χ4n) is 3.72. The topological polar surface area (TPSA) is 114 Å². The third-order valence-electron chi connectivity index (χ3n) is 5.40. The molecule has 2 heterocycles. The van der Waals surface area contributed by atoms with Gasteiger partial charge in [0.15, 0.2) is 5.76 Å². The molecule has 2 aromatic heterocycles. The molecule has 0 saturated carbocycles. The molecule has 1 unspecified atom stereocenters. The number of para-hydroxylation sites is 2. The second-order valence-electron chi connectivity index (χ2n) is 7.71. The molecule has 0 radical (unpaired) electrons. The summed E-state index contributed by atoms with van der Waals surface area (Å²) in [5.74, 6) is -0.482. The summed E-state index contributed by atoms with van der Waals surface area (Å²) >= 11 is 0. The first-order valence-electron chi connectivity index (χ1n) is 11.2. The van der Waals surface area contributed by atoms with Crippen LogP contribution in [-0.4, -0.2) is 31.4 Å². The van der Waals surface area contributed by atoms with E-state index in [0.717, 1.165) is 0 Å². The molecular weight excluding hydrogens is 462 g/mol. The molecule has 0 fully saturated rings. The van der Waals surface area contributed by atoms with Crippen molar-refractivity contribution in [3.63, 3.8) is 0 Å². The average molecular weight is 488 g/mol. The number of rotatable bonds is 10. The van der Waals surface area contributed by atoms with Crippen LogP contribution >= 0.6 is 0 Å². The SMILES string of the molecule is COc1ccccc1N(C(=O)CNC(=O)c1ccco1)C(C(=O)NCc1ccco1)c1ccccc1. The van der Waals surface area contributed by atoms with Crippen LogP contribution in [0, 0.1) is 0 Å². The molecule has 36 heavy (non-hydrogen) atoms. The van der Waals surface area contributed by atoms with Crippen LogP contribution in [0.25, 0.3) is 0 Å². The van der Waals surface area contributed by atoms with Crippen LogP contribution in [0.5, 0.6) is 5.75 Å². The number of furan rings is 2. The van der Waals surface area contributed by atoms with E-state index in [9.17, 15) is 14.4 Å². The maximum absolute atomic E-state index is 13.7. The van der Waals surface area contributed by atoms with E-state index in [1.165, 1.54) is 30.6 Å². The molecule has 0 spiro atoms. The molecule has 0 bridgehead atoms. The van der Waals surface area contributed by atoms with E-state index in [-0.39, 0.29) is 18.8 Å². The molecule has 1 atom stereocenters. The number of hydrogen-bond donors (Lipinski definition) is 2. The first-order valence-corrected chi connectivity index (χ1v) is 11.2. The van der Waals surface area contributed by atoms with Gasteiger partial charge >= 0.3 is 0 Å². The number of hydrogen-bond acceptors (Lipinski definition) is 6. The van der Waals surface area contributed by atoms with Crippen molar-refractivity contribution in [2.75, 3.05) is 18.6 Å². The lowest BCUT2D eigenvalue weighted by molar-refractivity contribution is -0.126. The number of nitrogens with one attached hydrogen (secondary N) is 2. The molecule has 0 aliphatic rings. The van der Waals surface area contributed by atoms with Crippen molar-refractivity contribution in [2.45, 2.75) is 12.6 Å². The maximum atomic E-state index is 13.7. The van der Waals surface area contributed by atoms with Crippen LogP contribution in [0.15, 0.2) is 100 Å². The van der Waals surface area contributed by atoms with Gasteiger partial charge in [0, 0.05) is 0 Å². The van der Waals surface area contributed by atoms with Crippen molar-refractivity contribution in [3.8, 4) is 5.75 Å². The first-order chi connectivity index (χ1) is 17.6. The Labute approximate surface area is 207 Å². The summed E-state index contributed by atoms with van der Waals surface area (Å²) in [4.78, 5) is 41.0. The Morgan fingerprint density at radius 2 is 1.58 bits per heavy atom. The van der Waals surface area contributed by atoms with Gasteiger partial charge in [0.1, 0.15) is 17.6 Å². The molecule has 4 aromatic rings. The van der Waals surface area contributed by atoms with Gasteiger partial charge in [-0.1, -0.05) is 42.5 Å². The second-order valence-corrected chi connectivity index (χ2v) is 7.71. The molecule has 2 aromatic carbocycles.